The maximum Gasteiger partial charge on any atom is 0.302 e. The minimum Gasteiger partial charge on any atom is -0.465 e. The maximum absolute atomic E-state index is 11.1. The minimum atomic E-state index is -0.208. The molecule has 0 heterocycles. The smallest absolute Gasteiger partial charge is 0.302 e. The van der Waals surface area contributed by atoms with E-state index in [1.54, 1.807) is 0 Å². The SMILES string of the molecule is CC(=O)OCC1(c2ccccc2)CCC(N)CC1. The molecule has 2 N–H and O–H groups in total. The second-order valence-corrected chi connectivity index (χ2v) is 5.26. The van der Waals surface area contributed by atoms with Gasteiger partial charge in [0.1, 0.15) is 6.61 Å². The highest BCUT2D eigenvalue weighted by Gasteiger charge is 2.37. The molecule has 0 amide bonds. The molecule has 0 atom stereocenters. The van der Waals surface area contributed by atoms with Crippen molar-refractivity contribution in [2.24, 2.45) is 5.73 Å². The molecule has 0 aliphatic heterocycles. The average molecular weight is 247 g/mol. The Balaban J connectivity index is 2.20. The van der Waals surface area contributed by atoms with Crippen LogP contribution in [0.1, 0.15) is 38.2 Å². The van der Waals surface area contributed by atoms with E-state index in [1.807, 2.05) is 18.2 Å². The predicted molar refractivity (Wildman–Crippen MR) is 71.2 cm³/mol. The molecule has 0 unspecified atom stereocenters. The number of rotatable bonds is 3. The summed E-state index contributed by atoms with van der Waals surface area (Å²) in [5.41, 5.74) is 7.21. The zero-order valence-corrected chi connectivity index (χ0v) is 10.9. The van der Waals surface area contributed by atoms with Crippen LogP contribution in [0.2, 0.25) is 0 Å². The van der Waals surface area contributed by atoms with Crippen molar-refractivity contribution >= 4 is 5.97 Å². The van der Waals surface area contributed by atoms with E-state index >= 15 is 0 Å². The molecule has 0 aromatic heterocycles. The lowest BCUT2D eigenvalue weighted by Gasteiger charge is -2.39. The van der Waals surface area contributed by atoms with Crippen LogP contribution in [0, 0.1) is 0 Å². The molecule has 98 valence electrons. The van der Waals surface area contributed by atoms with Crippen molar-refractivity contribution in [2.75, 3.05) is 6.61 Å². The molecule has 1 saturated carbocycles. The fourth-order valence-corrected chi connectivity index (χ4v) is 2.74. The van der Waals surface area contributed by atoms with Crippen molar-refractivity contribution in [3.8, 4) is 0 Å². The number of carbonyl (C=O) groups is 1. The summed E-state index contributed by atoms with van der Waals surface area (Å²) >= 11 is 0. The summed E-state index contributed by atoms with van der Waals surface area (Å²) in [5.74, 6) is -0.208. The highest BCUT2D eigenvalue weighted by molar-refractivity contribution is 5.66. The largest absolute Gasteiger partial charge is 0.465 e. The number of nitrogens with two attached hydrogens (primary N) is 1. The molecule has 2 rings (SSSR count). The Bertz CT molecular complexity index is 394. The van der Waals surface area contributed by atoms with E-state index in [2.05, 4.69) is 12.1 Å². The van der Waals surface area contributed by atoms with Gasteiger partial charge in [0.15, 0.2) is 0 Å². The zero-order valence-electron chi connectivity index (χ0n) is 10.9. The summed E-state index contributed by atoms with van der Waals surface area (Å²) < 4.78 is 5.29. The molecule has 0 spiro atoms. The first-order chi connectivity index (χ1) is 8.62. The second-order valence-electron chi connectivity index (χ2n) is 5.26. The van der Waals surface area contributed by atoms with Crippen LogP contribution in [-0.2, 0) is 14.9 Å². The van der Waals surface area contributed by atoms with Gasteiger partial charge in [0.05, 0.1) is 0 Å². The van der Waals surface area contributed by atoms with Gasteiger partial charge in [-0.05, 0) is 31.2 Å². The lowest BCUT2D eigenvalue weighted by Crippen LogP contribution is -2.40. The van der Waals surface area contributed by atoms with Crippen LogP contribution in [0.3, 0.4) is 0 Å². The molecule has 0 bridgehead atoms. The molecule has 0 saturated heterocycles. The van der Waals surface area contributed by atoms with Crippen molar-refractivity contribution in [3.05, 3.63) is 35.9 Å². The number of esters is 1. The van der Waals surface area contributed by atoms with Gasteiger partial charge >= 0.3 is 5.97 Å². The second kappa shape index (κ2) is 5.53. The van der Waals surface area contributed by atoms with Crippen LogP contribution in [0.15, 0.2) is 30.3 Å². The Morgan fingerprint density at radius 2 is 1.94 bits per heavy atom. The third-order valence-electron chi connectivity index (χ3n) is 3.93. The summed E-state index contributed by atoms with van der Waals surface area (Å²) in [7, 11) is 0. The summed E-state index contributed by atoms with van der Waals surface area (Å²) in [5, 5.41) is 0. The number of hydrogen-bond donors (Lipinski definition) is 1. The first-order valence-corrected chi connectivity index (χ1v) is 6.57. The maximum atomic E-state index is 11.1. The van der Waals surface area contributed by atoms with Crippen molar-refractivity contribution in [1.82, 2.24) is 0 Å². The van der Waals surface area contributed by atoms with E-state index in [-0.39, 0.29) is 11.4 Å². The molecule has 1 aromatic carbocycles. The van der Waals surface area contributed by atoms with Gasteiger partial charge in [0.2, 0.25) is 0 Å². The minimum absolute atomic E-state index is 0.0389. The number of hydrogen-bond acceptors (Lipinski definition) is 3. The molecular formula is C15H21NO2. The van der Waals surface area contributed by atoms with Gasteiger partial charge in [-0.25, -0.2) is 0 Å². The summed E-state index contributed by atoms with van der Waals surface area (Å²) in [6.07, 6.45) is 3.98. The summed E-state index contributed by atoms with van der Waals surface area (Å²) in [4.78, 5) is 11.1. The number of ether oxygens (including phenoxy) is 1. The molecule has 3 nitrogen and oxygen atoms in total. The molecule has 18 heavy (non-hydrogen) atoms. The quantitative estimate of drug-likeness (QED) is 0.834. The first-order valence-electron chi connectivity index (χ1n) is 6.57. The first kappa shape index (κ1) is 13.1. The van der Waals surface area contributed by atoms with E-state index in [1.165, 1.54) is 12.5 Å². The van der Waals surface area contributed by atoms with Crippen molar-refractivity contribution < 1.29 is 9.53 Å². The molecule has 0 radical (unpaired) electrons. The fourth-order valence-electron chi connectivity index (χ4n) is 2.74. The summed E-state index contributed by atoms with van der Waals surface area (Å²) in [6.45, 7) is 1.94. The van der Waals surface area contributed by atoms with Crippen molar-refractivity contribution in [2.45, 2.75) is 44.1 Å². The summed E-state index contributed by atoms with van der Waals surface area (Å²) in [6, 6.07) is 10.6. The fraction of sp³-hybridized carbons (Fsp3) is 0.533. The molecule has 1 aliphatic carbocycles. The van der Waals surface area contributed by atoms with Gasteiger partial charge in [-0.1, -0.05) is 30.3 Å². The Kier molecular flexibility index (Phi) is 4.02. The van der Waals surface area contributed by atoms with Crippen LogP contribution in [0.25, 0.3) is 0 Å². The molecular weight excluding hydrogens is 226 g/mol. The third-order valence-corrected chi connectivity index (χ3v) is 3.93. The van der Waals surface area contributed by atoms with Gasteiger partial charge in [-0.3, -0.25) is 4.79 Å². The standard InChI is InChI=1S/C15H21NO2/c1-12(17)18-11-15(9-7-14(16)8-10-15)13-5-3-2-4-6-13/h2-6,14H,7-11,16H2,1H3. The highest BCUT2D eigenvalue weighted by Crippen LogP contribution is 2.39. The van der Waals surface area contributed by atoms with Gasteiger partial charge in [0, 0.05) is 18.4 Å². The van der Waals surface area contributed by atoms with Crippen molar-refractivity contribution in [3.63, 3.8) is 0 Å². The topological polar surface area (TPSA) is 52.3 Å². The Hall–Kier alpha value is -1.35. The normalized spacial score (nSPS) is 27.8. The van der Waals surface area contributed by atoms with Crippen LogP contribution in [0.4, 0.5) is 0 Å². The monoisotopic (exact) mass is 247 g/mol. The molecule has 1 fully saturated rings. The van der Waals surface area contributed by atoms with E-state index in [0.29, 0.717) is 12.6 Å². The van der Waals surface area contributed by atoms with Crippen LogP contribution in [-0.4, -0.2) is 18.6 Å². The number of benzene rings is 1. The van der Waals surface area contributed by atoms with Gasteiger partial charge in [-0.15, -0.1) is 0 Å². The van der Waals surface area contributed by atoms with E-state index in [9.17, 15) is 4.79 Å². The molecule has 3 heteroatoms. The van der Waals surface area contributed by atoms with Gasteiger partial charge in [0.25, 0.3) is 0 Å². The Labute approximate surface area is 108 Å². The third kappa shape index (κ3) is 2.91. The highest BCUT2D eigenvalue weighted by atomic mass is 16.5. The van der Waals surface area contributed by atoms with Gasteiger partial charge in [-0.2, -0.15) is 0 Å². The average Bonchev–Trinajstić information content (AvgIpc) is 2.39. The zero-order chi connectivity index (χ0) is 13.0. The lowest BCUT2D eigenvalue weighted by molar-refractivity contribution is -0.143. The Morgan fingerprint density at radius 1 is 1.33 bits per heavy atom. The molecule has 1 aliphatic rings. The lowest BCUT2D eigenvalue weighted by atomic mass is 9.69. The predicted octanol–water partition coefficient (Wildman–Crippen LogP) is 2.39. The van der Waals surface area contributed by atoms with E-state index < -0.39 is 0 Å². The van der Waals surface area contributed by atoms with Crippen LogP contribution >= 0.6 is 0 Å². The van der Waals surface area contributed by atoms with Crippen LogP contribution < -0.4 is 5.73 Å². The van der Waals surface area contributed by atoms with Crippen LogP contribution in [0.5, 0.6) is 0 Å². The van der Waals surface area contributed by atoms with Crippen molar-refractivity contribution in [1.29, 1.82) is 0 Å². The number of carbonyl (C=O) groups excluding carboxylic acids is 1. The Morgan fingerprint density at radius 3 is 2.50 bits per heavy atom. The van der Waals surface area contributed by atoms with E-state index in [0.717, 1.165) is 25.7 Å². The van der Waals surface area contributed by atoms with Gasteiger partial charge < -0.3 is 10.5 Å². The molecule has 1 aromatic rings. The van der Waals surface area contributed by atoms with E-state index in [4.69, 9.17) is 10.5 Å².